The van der Waals surface area contributed by atoms with E-state index < -0.39 is 0 Å². The Morgan fingerprint density at radius 1 is 0.857 bits per heavy atom. The molecule has 0 spiro atoms. The van der Waals surface area contributed by atoms with Crippen LogP contribution in [0.4, 0.5) is 0 Å². The molecule has 0 aromatic rings. The Labute approximate surface area is 184 Å². The average molecular weight is 446 g/mol. The molecule has 0 N–H and O–H groups in total. The van der Waals surface area contributed by atoms with Gasteiger partial charge in [0.1, 0.15) is 0 Å². The summed E-state index contributed by atoms with van der Waals surface area (Å²) in [6, 6.07) is 0. The van der Waals surface area contributed by atoms with Crippen LogP contribution in [0.1, 0.15) is 27.7 Å². The molecule has 0 aliphatic carbocycles. The quantitative estimate of drug-likeness (QED) is 0.562. The van der Waals surface area contributed by atoms with Crippen molar-refractivity contribution in [1.82, 2.24) is 9.80 Å². The minimum atomic E-state index is 0. The maximum absolute atomic E-state index is 11.2. The van der Waals surface area contributed by atoms with Crippen molar-refractivity contribution in [2.75, 3.05) is 32.7 Å². The molecule has 0 heterocycles. The molecule has 3 nitrogen and oxygen atoms in total. The SMILES string of the molecule is [CH2-]CN(C[CH2-])C(=O)C(C)C.[CH2-]CN(C[CH2-])CC(C)C.[Y].[Y]. The van der Waals surface area contributed by atoms with E-state index in [1.54, 1.807) is 4.90 Å². The van der Waals surface area contributed by atoms with Gasteiger partial charge in [0.25, 0.3) is 0 Å². The Hall–Kier alpha value is 1.64. The molecule has 0 aliphatic rings. The molecule has 2 radical (unpaired) electrons. The summed E-state index contributed by atoms with van der Waals surface area (Å²) in [5, 5.41) is 0. The largest absolute Gasteiger partial charge is 0.403 e. The van der Waals surface area contributed by atoms with Gasteiger partial charge in [-0.05, 0) is 12.5 Å². The minimum Gasteiger partial charge on any atom is -0.403 e. The van der Waals surface area contributed by atoms with Gasteiger partial charge >= 0.3 is 0 Å². The van der Waals surface area contributed by atoms with Crippen LogP contribution in [0.25, 0.3) is 0 Å². The normalized spacial score (nSPS) is 9.67. The number of hydrogen-bond acceptors (Lipinski definition) is 2. The van der Waals surface area contributed by atoms with E-state index in [1.165, 1.54) is 0 Å². The number of carbonyl (C=O) groups excluding carboxylic acids is 1. The van der Waals surface area contributed by atoms with E-state index in [9.17, 15) is 4.79 Å². The molecule has 0 rings (SSSR count). The molecule has 0 aliphatic heterocycles. The zero-order valence-corrected chi connectivity index (χ0v) is 20.2. The second-order valence-corrected chi connectivity index (χ2v) is 5.17. The van der Waals surface area contributed by atoms with Crippen molar-refractivity contribution in [3.05, 3.63) is 27.7 Å². The van der Waals surface area contributed by atoms with Crippen LogP contribution in [0.15, 0.2) is 0 Å². The number of hydrogen-bond donors (Lipinski definition) is 0. The summed E-state index contributed by atoms with van der Waals surface area (Å²) in [7, 11) is 0. The van der Waals surface area contributed by atoms with Gasteiger partial charge in [-0.15, -0.1) is 26.2 Å². The third kappa shape index (κ3) is 17.8. The minimum absolute atomic E-state index is 0. The third-order valence-corrected chi connectivity index (χ3v) is 2.60. The topological polar surface area (TPSA) is 23.6 Å². The zero-order valence-electron chi connectivity index (χ0n) is 14.5. The molecule has 5 heteroatoms. The predicted molar refractivity (Wildman–Crippen MR) is 84.1 cm³/mol. The van der Waals surface area contributed by atoms with E-state index in [1.807, 2.05) is 13.8 Å². The summed E-state index contributed by atoms with van der Waals surface area (Å²) >= 11 is 0. The monoisotopic (exact) mass is 446 g/mol. The molecule has 0 saturated heterocycles. The standard InChI is InChI=1S/C8H15NO.C8H17N.2Y/c1-5-9(6-2)8(10)7(3)4;1-5-9(6-2)7-8(3)4;;/h7H,1-2,5-6H2,3-4H3;8H,1-2,5-7H2,3-4H3;;/q2*-2;;. The van der Waals surface area contributed by atoms with E-state index >= 15 is 0 Å². The van der Waals surface area contributed by atoms with Crippen molar-refractivity contribution in [3.8, 4) is 0 Å². The Morgan fingerprint density at radius 2 is 1.24 bits per heavy atom. The smallest absolute Gasteiger partial charge is 0.220 e. The molecule has 0 fully saturated rings. The van der Waals surface area contributed by atoms with Gasteiger partial charge in [0.2, 0.25) is 5.91 Å². The molecule has 1 amide bonds. The van der Waals surface area contributed by atoms with E-state index in [0.717, 1.165) is 25.6 Å². The maximum Gasteiger partial charge on any atom is 0.220 e. The maximum atomic E-state index is 11.2. The fourth-order valence-corrected chi connectivity index (χ4v) is 1.51. The molecular formula is C16H32N2OY2-4. The van der Waals surface area contributed by atoms with Gasteiger partial charge < -0.3 is 37.5 Å². The molecular weight excluding hydrogens is 414 g/mol. The molecule has 0 unspecified atom stereocenters. The van der Waals surface area contributed by atoms with Crippen LogP contribution < -0.4 is 0 Å². The molecule has 0 aromatic carbocycles. The molecule has 122 valence electrons. The summed E-state index contributed by atoms with van der Waals surface area (Å²) in [4.78, 5) is 15.0. The van der Waals surface area contributed by atoms with E-state index in [4.69, 9.17) is 0 Å². The Morgan fingerprint density at radius 3 is 1.33 bits per heavy atom. The van der Waals surface area contributed by atoms with Crippen LogP contribution in [0.5, 0.6) is 0 Å². The van der Waals surface area contributed by atoms with E-state index in [2.05, 4.69) is 46.4 Å². The first-order valence-electron chi connectivity index (χ1n) is 7.02. The van der Waals surface area contributed by atoms with E-state index in [-0.39, 0.29) is 77.2 Å². The summed E-state index contributed by atoms with van der Waals surface area (Å²) in [6.45, 7) is 26.9. The summed E-state index contributed by atoms with van der Waals surface area (Å²) in [5.74, 6) is 0.919. The van der Waals surface area contributed by atoms with Crippen molar-refractivity contribution in [1.29, 1.82) is 0 Å². The van der Waals surface area contributed by atoms with Gasteiger partial charge in [-0.3, -0.25) is 4.79 Å². The number of nitrogens with zero attached hydrogens (tertiary/aromatic N) is 2. The van der Waals surface area contributed by atoms with Crippen LogP contribution in [0, 0.1) is 39.5 Å². The van der Waals surface area contributed by atoms with Crippen LogP contribution in [0.2, 0.25) is 0 Å². The van der Waals surface area contributed by atoms with Gasteiger partial charge in [-0.25, -0.2) is 0 Å². The second-order valence-electron chi connectivity index (χ2n) is 5.17. The fraction of sp³-hybridized carbons (Fsp3) is 0.688. The fourth-order valence-electron chi connectivity index (χ4n) is 1.51. The molecule has 0 saturated carbocycles. The number of rotatable bonds is 7. The van der Waals surface area contributed by atoms with Crippen molar-refractivity contribution >= 4 is 5.91 Å². The van der Waals surface area contributed by atoms with Crippen molar-refractivity contribution < 1.29 is 70.2 Å². The van der Waals surface area contributed by atoms with Crippen molar-refractivity contribution in [3.63, 3.8) is 0 Å². The van der Waals surface area contributed by atoms with Gasteiger partial charge in [0, 0.05) is 71.3 Å². The van der Waals surface area contributed by atoms with Gasteiger partial charge in [0.05, 0.1) is 0 Å². The van der Waals surface area contributed by atoms with Crippen LogP contribution >= 0.6 is 0 Å². The average Bonchev–Trinajstić information content (AvgIpc) is 2.37. The zero-order chi connectivity index (χ0) is 15.4. The Kier molecular flexibility index (Phi) is 28.6. The first-order valence-corrected chi connectivity index (χ1v) is 7.02. The van der Waals surface area contributed by atoms with Crippen LogP contribution in [0.3, 0.4) is 0 Å². The molecule has 0 atom stereocenters. The van der Waals surface area contributed by atoms with Crippen molar-refractivity contribution in [2.24, 2.45) is 11.8 Å². The Bertz CT molecular complexity index is 216. The van der Waals surface area contributed by atoms with Gasteiger partial charge in [-0.2, -0.15) is 0 Å². The van der Waals surface area contributed by atoms with Gasteiger partial charge in [0.15, 0.2) is 0 Å². The summed E-state index contributed by atoms with van der Waals surface area (Å²) in [5.41, 5.74) is 0. The van der Waals surface area contributed by atoms with Crippen LogP contribution in [-0.2, 0) is 70.2 Å². The Balaban J connectivity index is -0.000000126. The number of amides is 1. The molecule has 0 aromatic heterocycles. The first-order chi connectivity index (χ1) is 8.83. The third-order valence-electron chi connectivity index (χ3n) is 2.60. The molecule has 21 heavy (non-hydrogen) atoms. The van der Waals surface area contributed by atoms with Crippen LogP contribution in [-0.4, -0.2) is 48.4 Å². The second kappa shape index (κ2) is 19.7. The summed E-state index contributed by atoms with van der Waals surface area (Å²) in [6.07, 6.45) is 0. The predicted octanol–water partition coefficient (Wildman–Crippen LogP) is 2.75. The first kappa shape index (κ1) is 30.5. The van der Waals surface area contributed by atoms with E-state index in [0.29, 0.717) is 13.1 Å². The molecule has 0 bridgehead atoms. The number of carbonyl (C=O) groups is 1. The van der Waals surface area contributed by atoms with Crippen molar-refractivity contribution in [2.45, 2.75) is 27.7 Å². The summed E-state index contributed by atoms with van der Waals surface area (Å²) < 4.78 is 0. The van der Waals surface area contributed by atoms with Gasteiger partial charge in [-0.1, -0.05) is 27.7 Å².